The Bertz CT molecular complexity index is 508. The number of nitrogens with one attached hydrogen (secondary N) is 1. The van der Waals surface area contributed by atoms with Crippen LogP contribution < -0.4 is 5.32 Å². The molecule has 2 aromatic heterocycles. The highest BCUT2D eigenvalue weighted by molar-refractivity contribution is 5.23. The van der Waals surface area contributed by atoms with Crippen LogP contribution in [0.5, 0.6) is 0 Å². The normalized spacial score (nSPS) is 12.8. The van der Waals surface area contributed by atoms with Crippen molar-refractivity contribution in [1.82, 2.24) is 15.0 Å². The first-order valence-corrected chi connectivity index (χ1v) is 6.92. The Morgan fingerprint density at radius 3 is 2.84 bits per heavy atom. The third-order valence-electron chi connectivity index (χ3n) is 3.50. The Morgan fingerprint density at radius 1 is 1.42 bits per heavy atom. The van der Waals surface area contributed by atoms with Crippen LogP contribution in [-0.2, 0) is 6.54 Å². The molecule has 0 spiro atoms. The summed E-state index contributed by atoms with van der Waals surface area (Å²) >= 11 is 0. The fourth-order valence-electron chi connectivity index (χ4n) is 2.20. The summed E-state index contributed by atoms with van der Waals surface area (Å²) in [7, 11) is 0. The molecule has 0 aliphatic rings. The quantitative estimate of drug-likeness (QED) is 0.868. The van der Waals surface area contributed by atoms with Crippen LogP contribution in [-0.4, -0.2) is 16.3 Å². The largest absolute Gasteiger partial charge is 0.361 e. The van der Waals surface area contributed by atoms with Crippen LogP contribution in [0.25, 0.3) is 0 Å². The molecule has 0 amide bonds. The van der Waals surface area contributed by atoms with E-state index in [0.717, 1.165) is 31.0 Å². The van der Waals surface area contributed by atoms with Crippen molar-refractivity contribution in [2.45, 2.75) is 46.7 Å². The second-order valence-corrected chi connectivity index (χ2v) is 5.10. The summed E-state index contributed by atoms with van der Waals surface area (Å²) in [6.45, 7) is 10.2. The van der Waals surface area contributed by atoms with E-state index < -0.39 is 0 Å². The fraction of sp³-hybridized carbons (Fsp3) is 0.533. The lowest BCUT2D eigenvalue weighted by molar-refractivity contribution is 0.392. The van der Waals surface area contributed by atoms with Crippen LogP contribution in [0.2, 0.25) is 0 Å². The third kappa shape index (κ3) is 3.26. The Labute approximate surface area is 114 Å². The molecule has 19 heavy (non-hydrogen) atoms. The van der Waals surface area contributed by atoms with Crippen molar-refractivity contribution in [3.8, 4) is 0 Å². The lowest BCUT2D eigenvalue weighted by Gasteiger charge is -2.11. The molecular weight excluding hydrogens is 238 g/mol. The van der Waals surface area contributed by atoms with Gasteiger partial charge < -0.3 is 14.4 Å². The van der Waals surface area contributed by atoms with E-state index >= 15 is 0 Å². The lowest BCUT2D eigenvalue weighted by atomic mass is 10.2. The molecule has 0 aliphatic carbocycles. The summed E-state index contributed by atoms with van der Waals surface area (Å²) in [5, 5.41) is 7.49. The van der Waals surface area contributed by atoms with Gasteiger partial charge in [-0.2, -0.15) is 0 Å². The van der Waals surface area contributed by atoms with E-state index in [-0.39, 0.29) is 0 Å². The molecular formula is C15H23N3O. The Balaban J connectivity index is 2.05. The van der Waals surface area contributed by atoms with Crippen LogP contribution >= 0.6 is 0 Å². The average molecular weight is 261 g/mol. The molecule has 1 unspecified atom stereocenters. The molecule has 2 rings (SSSR count). The zero-order valence-corrected chi connectivity index (χ0v) is 12.2. The molecule has 2 aromatic rings. The topological polar surface area (TPSA) is 43.0 Å². The number of hydrogen-bond donors (Lipinski definition) is 1. The first kappa shape index (κ1) is 13.9. The van der Waals surface area contributed by atoms with Crippen molar-refractivity contribution in [2.24, 2.45) is 0 Å². The number of hydrogen-bond acceptors (Lipinski definition) is 3. The van der Waals surface area contributed by atoms with Gasteiger partial charge in [-0.3, -0.25) is 0 Å². The number of nitrogens with zero attached hydrogens (tertiary/aromatic N) is 2. The molecule has 1 N–H and O–H groups in total. The van der Waals surface area contributed by atoms with Gasteiger partial charge in [-0.25, -0.2) is 0 Å². The maximum Gasteiger partial charge on any atom is 0.138 e. The molecule has 4 nitrogen and oxygen atoms in total. The molecule has 1 atom stereocenters. The molecule has 0 aliphatic heterocycles. The van der Waals surface area contributed by atoms with Crippen molar-refractivity contribution in [2.75, 3.05) is 6.54 Å². The highest BCUT2D eigenvalue weighted by Gasteiger charge is 2.11. The molecule has 0 saturated heterocycles. The van der Waals surface area contributed by atoms with Crippen molar-refractivity contribution < 1.29 is 4.52 Å². The maximum atomic E-state index is 5.20. The van der Waals surface area contributed by atoms with Gasteiger partial charge in [-0.1, -0.05) is 12.1 Å². The van der Waals surface area contributed by atoms with Crippen molar-refractivity contribution >= 4 is 0 Å². The van der Waals surface area contributed by atoms with Crippen LogP contribution in [0.1, 0.15) is 48.9 Å². The van der Waals surface area contributed by atoms with Crippen LogP contribution in [0.3, 0.4) is 0 Å². The predicted octanol–water partition coefficient (Wildman–Crippen LogP) is 3.20. The monoisotopic (exact) mass is 261 g/mol. The number of aromatic nitrogens is 2. The minimum absolute atomic E-state index is 0.394. The summed E-state index contributed by atoms with van der Waals surface area (Å²) < 4.78 is 7.39. The SMILES string of the molecule is CCCNC(C)c1ccn(Cc2c(C)noc2C)c1. The van der Waals surface area contributed by atoms with Crippen molar-refractivity contribution in [1.29, 1.82) is 0 Å². The summed E-state index contributed by atoms with van der Waals surface area (Å²) in [4.78, 5) is 0. The van der Waals surface area contributed by atoms with Crippen molar-refractivity contribution in [3.63, 3.8) is 0 Å². The first-order valence-electron chi connectivity index (χ1n) is 6.92. The first-order chi connectivity index (χ1) is 9.11. The van der Waals surface area contributed by atoms with Gasteiger partial charge in [-0.15, -0.1) is 0 Å². The van der Waals surface area contributed by atoms with Crippen molar-refractivity contribution in [3.05, 3.63) is 41.0 Å². The Hall–Kier alpha value is -1.55. The highest BCUT2D eigenvalue weighted by Crippen LogP contribution is 2.17. The second kappa shape index (κ2) is 6.06. The molecule has 0 fully saturated rings. The van der Waals surface area contributed by atoms with E-state index in [4.69, 9.17) is 4.52 Å². The summed E-state index contributed by atoms with van der Waals surface area (Å²) in [6.07, 6.45) is 5.47. The van der Waals surface area contributed by atoms with E-state index in [2.05, 4.69) is 47.3 Å². The van der Waals surface area contributed by atoms with Gasteiger partial charge >= 0.3 is 0 Å². The van der Waals surface area contributed by atoms with Crippen LogP contribution in [0.4, 0.5) is 0 Å². The lowest BCUT2D eigenvalue weighted by Crippen LogP contribution is -2.18. The molecule has 0 saturated carbocycles. The van der Waals surface area contributed by atoms with E-state index in [1.165, 1.54) is 11.1 Å². The third-order valence-corrected chi connectivity index (χ3v) is 3.50. The van der Waals surface area contributed by atoms with E-state index in [0.29, 0.717) is 6.04 Å². The highest BCUT2D eigenvalue weighted by atomic mass is 16.5. The zero-order chi connectivity index (χ0) is 13.8. The van der Waals surface area contributed by atoms with Crippen LogP contribution in [0, 0.1) is 13.8 Å². The van der Waals surface area contributed by atoms with Crippen LogP contribution in [0.15, 0.2) is 23.0 Å². The second-order valence-electron chi connectivity index (χ2n) is 5.10. The zero-order valence-electron chi connectivity index (χ0n) is 12.2. The van der Waals surface area contributed by atoms with E-state index in [9.17, 15) is 0 Å². The van der Waals surface area contributed by atoms with Gasteiger partial charge in [0.2, 0.25) is 0 Å². The van der Waals surface area contributed by atoms with Gasteiger partial charge in [0.25, 0.3) is 0 Å². The molecule has 0 bridgehead atoms. The van der Waals surface area contributed by atoms with E-state index in [1.54, 1.807) is 0 Å². The summed E-state index contributed by atoms with van der Waals surface area (Å²) in [5.74, 6) is 0.907. The minimum Gasteiger partial charge on any atom is -0.361 e. The number of rotatable bonds is 6. The standard InChI is InChI=1S/C15H23N3O/c1-5-7-16-11(2)14-6-8-18(9-14)10-15-12(3)17-19-13(15)4/h6,8-9,11,16H,5,7,10H2,1-4H3. The number of aryl methyl sites for hydroxylation is 2. The predicted molar refractivity (Wildman–Crippen MR) is 76.2 cm³/mol. The molecule has 0 radical (unpaired) electrons. The van der Waals surface area contributed by atoms with Gasteiger partial charge in [0.05, 0.1) is 12.2 Å². The molecule has 2 heterocycles. The van der Waals surface area contributed by atoms with Gasteiger partial charge in [0.15, 0.2) is 0 Å². The Morgan fingerprint density at radius 2 is 2.21 bits per heavy atom. The van der Waals surface area contributed by atoms with Gasteiger partial charge in [0, 0.05) is 24.0 Å². The minimum atomic E-state index is 0.394. The smallest absolute Gasteiger partial charge is 0.138 e. The molecule has 104 valence electrons. The van der Waals surface area contributed by atoms with E-state index in [1.807, 2.05) is 13.8 Å². The molecule has 4 heteroatoms. The fourth-order valence-corrected chi connectivity index (χ4v) is 2.20. The Kier molecular flexibility index (Phi) is 4.43. The van der Waals surface area contributed by atoms with Gasteiger partial charge in [0.1, 0.15) is 5.76 Å². The van der Waals surface area contributed by atoms with Gasteiger partial charge in [-0.05, 0) is 45.4 Å². The average Bonchev–Trinajstić information content (AvgIpc) is 2.98. The molecule has 0 aromatic carbocycles. The maximum absolute atomic E-state index is 5.20. The summed E-state index contributed by atoms with van der Waals surface area (Å²) in [6, 6.07) is 2.57. The summed E-state index contributed by atoms with van der Waals surface area (Å²) in [5.41, 5.74) is 3.47.